The first-order valence-corrected chi connectivity index (χ1v) is 7.59. The van der Waals surface area contributed by atoms with E-state index in [2.05, 4.69) is 4.90 Å². The molecule has 0 aromatic heterocycles. The summed E-state index contributed by atoms with van der Waals surface area (Å²) in [5, 5.41) is 0. The quantitative estimate of drug-likeness (QED) is 0.814. The van der Waals surface area contributed by atoms with Crippen molar-refractivity contribution >= 4 is 0 Å². The predicted octanol–water partition coefficient (Wildman–Crippen LogP) is 3.63. The summed E-state index contributed by atoms with van der Waals surface area (Å²) in [4.78, 5) is 2.07. The molecule has 1 unspecified atom stereocenters. The second-order valence-electron chi connectivity index (χ2n) is 5.74. The third-order valence-electron chi connectivity index (χ3n) is 3.69. The first-order chi connectivity index (χ1) is 11.1. The lowest BCUT2D eigenvalue weighted by atomic mass is 10.1. The molecular weight excluding hydrogens is 297 g/mol. The van der Waals surface area contributed by atoms with Crippen molar-refractivity contribution in [3.05, 3.63) is 53.8 Å². The normalized spacial score (nSPS) is 14.1. The minimum Gasteiger partial charge on any atom is -0.482 e. The highest BCUT2D eigenvalue weighted by molar-refractivity contribution is 5.52. The van der Waals surface area contributed by atoms with E-state index < -0.39 is 0 Å². The number of rotatable bonds is 6. The average Bonchev–Trinajstić information content (AvgIpc) is 3.00. The molecule has 5 heteroatoms. The van der Waals surface area contributed by atoms with Gasteiger partial charge >= 0.3 is 0 Å². The summed E-state index contributed by atoms with van der Waals surface area (Å²) in [6.45, 7) is 1.02. The number of benzene rings is 2. The third-order valence-corrected chi connectivity index (χ3v) is 3.69. The van der Waals surface area contributed by atoms with Gasteiger partial charge in [-0.2, -0.15) is 0 Å². The minimum atomic E-state index is -0.265. The van der Waals surface area contributed by atoms with Crippen LogP contribution in [-0.4, -0.2) is 32.3 Å². The van der Waals surface area contributed by atoms with E-state index in [1.165, 1.54) is 12.1 Å². The number of ether oxygens (including phenoxy) is 3. The second kappa shape index (κ2) is 6.87. The van der Waals surface area contributed by atoms with Crippen LogP contribution in [0.5, 0.6) is 17.2 Å². The van der Waals surface area contributed by atoms with Gasteiger partial charge in [0.2, 0.25) is 12.5 Å². The predicted molar refractivity (Wildman–Crippen MR) is 85.5 cm³/mol. The zero-order valence-electron chi connectivity index (χ0n) is 13.3. The Morgan fingerprint density at radius 2 is 2.00 bits per heavy atom. The van der Waals surface area contributed by atoms with E-state index in [1.807, 2.05) is 38.4 Å². The van der Waals surface area contributed by atoms with E-state index in [0.717, 1.165) is 18.5 Å². The molecule has 1 atom stereocenters. The fourth-order valence-corrected chi connectivity index (χ4v) is 2.53. The van der Waals surface area contributed by atoms with Crippen LogP contribution in [0.15, 0.2) is 42.5 Å². The first kappa shape index (κ1) is 15.6. The fraction of sp³-hybridized carbons (Fsp3) is 0.333. The molecule has 0 amide bonds. The standard InChI is InChI=1S/C18H20FNO3/c1-20(2)10-9-15(13-5-3-6-14(19)11-13)23-17-8-4-7-16-18(17)22-12-21-16/h3-8,11,15H,9-10,12H2,1-2H3. The molecule has 0 aliphatic carbocycles. The lowest BCUT2D eigenvalue weighted by Gasteiger charge is -2.22. The van der Waals surface area contributed by atoms with Crippen molar-refractivity contribution in [2.75, 3.05) is 27.4 Å². The van der Waals surface area contributed by atoms with Gasteiger partial charge in [0.25, 0.3) is 0 Å². The van der Waals surface area contributed by atoms with E-state index in [1.54, 1.807) is 6.07 Å². The Morgan fingerprint density at radius 3 is 2.78 bits per heavy atom. The van der Waals surface area contributed by atoms with E-state index in [9.17, 15) is 4.39 Å². The van der Waals surface area contributed by atoms with Crippen molar-refractivity contribution in [3.63, 3.8) is 0 Å². The van der Waals surface area contributed by atoms with Crippen molar-refractivity contribution < 1.29 is 18.6 Å². The number of hydrogen-bond acceptors (Lipinski definition) is 4. The SMILES string of the molecule is CN(C)CCC(Oc1cccc2c1OCO2)c1cccc(F)c1. The summed E-state index contributed by atoms with van der Waals surface area (Å²) in [6, 6.07) is 12.1. The zero-order chi connectivity index (χ0) is 16.2. The molecule has 3 rings (SSSR count). The van der Waals surface area contributed by atoms with Crippen LogP contribution in [0.25, 0.3) is 0 Å². The van der Waals surface area contributed by atoms with Crippen LogP contribution < -0.4 is 14.2 Å². The van der Waals surface area contributed by atoms with Crippen LogP contribution >= 0.6 is 0 Å². The number of halogens is 1. The molecule has 23 heavy (non-hydrogen) atoms. The van der Waals surface area contributed by atoms with E-state index >= 15 is 0 Å². The molecule has 0 N–H and O–H groups in total. The minimum absolute atomic E-state index is 0.192. The molecule has 2 aromatic carbocycles. The second-order valence-corrected chi connectivity index (χ2v) is 5.74. The zero-order valence-corrected chi connectivity index (χ0v) is 13.3. The van der Waals surface area contributed by atoms with Crippen LogP contribution in [0, 0.1) is 5.82 Å². The van der Waals surface area contributed by atoms with Crippen molar-refractivity contribution in [3.8, 4) is 17.2 Å². The highest BCUT2D eigenvalue weighted by Crippen LogP contribution is 2.42. The van der Waals surface area contributed by atoms with Gasteiger partial charge in [-0.1, -0.05) is 18.2 Å². The number of nitrogens with zero attached hydrogens (tertiary/aromatic N) is 1. The Labute approximate surface area is 135 Å². The summed E-state index contributed by atoms with van der Waals surface area (Å²) in [6.07, 6.45) is 0.477. The summed E-state index contributed by atoms with van der Waals surface area (Å²) in [7, 11) is 4.00. The van der Waals surface area contributed by atoms with Gasteiger partial charge in [-0.25, -0.2) is 4.39 Å². The molecule has 0 bridgehead atoms. The third kappa shape index (κ3) is 3.74. The Balaban J connectivity index is 1.85. The van der Waals surface area contributed by atoms with Crippen molar-refractivity contribution in [1.82, 2.24) is 4.90 Å². The van der Waals surface area contributed by atoms with Gasteiger partial charge in [-0.15, -0.1) is 0 Å². The summed E-state index contributed by atoms with van der Waals surface area (Å²) in [5.74, 6) is 1.64. The van der Waals surface area contributed by atoms with Gasteiger partial charge in [0.05, 0.1) is 0 Å². The monoisotopic (exact) mass is 317 g/mol. The van der Waals surface area contributed by atoms with Crippen LogP contribution in [0.3, 0.4) is 0 Å². The highest BCUT2D eigenvalue weighted by atomic mass is 19.1. The maximum atomic E-state index is 13.6. The Bertz CT molecular complexity index is 675. The van der Waals surface area contributed by atoms with Gasteiger partial charge in [0.1, 0.15) is 11.9 Å². The molecule has 1 heterocycles. The van der Waals surface area contributed by atoms with E-state index in [-0.39, 0.29) is 18.7 Å². The van der Waals surface area contributed by atoms with Gasteiger partial charge in [0.15, 0.2) is 11.5 Å². The Morgan fingerprint density at radius 1 is 1.17 bits per heavy atom. The summed E-state index contributed by atoms with van der Waals surface area (Å²) in [5.41, 5.74) is 0.809. The molecule has 0 radical (unpaired) electrons. The van der Waals surface area contributed by atoms with E-state index in [0.29, 0.717) is 17.2 Å². The van der Waals surface area contributed by atoms with Gasteiger partial charge in [0, 0.05) is 13.0 Å². The maximum Gasteiger partial charge on any atom is 0.231 e. The molecule has 0 saturated heterocycles. The molecule has 1 aliphatic heterocycles. The lowest BCUT2D eigenvalue weighted by molar-refractivity contribution is 0.153. The molecule has 4 nitrogen and oxygen atoms in total. The smallest absolute Gasteiger partial charge is 0.231 e. The molecule has 122 valence electrons. The first-order valence-electron chi connectivity index (χ1n) is 7.59. The fourth-order valence-electron chi connectivity index (χ4n) is 2.53. The number of hydrogen-bond donors (Lipinski definition) is 0. The van der Waals surface area contributed by atoms with Crippen molar-refractivity contribution in [2.45, 2.75) is 12.5 Å². The molecule has 1 aliphatic rings. The van der Waals surface area contributed by atoms with Crippen LogP contribution in [-0.2, 0) is 0 Å². The summed E-state index contributed by atoms with van der Waals surface area (Å²) >= 11 is 0. The number of para-hydroxylation sites is 1. The maximum absolute atomic E-state index is 13.6. The van der Waals surface area contributed by atoms with Gasteiger partial charge in [-0.05, 0) is 43.9 Å². The molecule has 0 fully saturated rings. The van der Waals surface area contributed by atoms with Gasteiger partial charge in [-0.3, -0.25) is 0 Å². The van der Waals surface area contributed by atoms with Gasteiger partial charge < -0.3 is 19.1 Å². The highest BCUT2D eigenvalue weighted by Gasteiger charge is 2.22. The lowest BCUT2D eigenvalue weighted by Crippen LogP contribution is -2.19. The van der Waals surface area contributed by atoms with E-state index in [4.69, 9.17) is 14.2 Å². The van der Waals surface area contributed by atoms with Crippen molar-refractivity contribution in [2.24, 2.45) is 0 Å². The summed E-state index contributed by atoms with van der Waals surface area (Å²) < 4.78 is 30.6. The van der Waals surface area contributed by atoms with Crippen molar-refractivity contribution in [1.29, 1.82) is 0 Å². The molecule has 2 aromatic rings. The largest absolute Gasteiger partial charge is 0.482 e. The van der Waals surface area contributed by atoms with Crippen LogP contribution in [0.1, 0.15) is 18.1 Å². The molecule has 0 spiro atoms. The number of fused-ring (bicyclic) bond motifs is 1. The molecule has 0 saturated carbocycles. The average molecular weight is 317 g/mol. The topological polar surface area (TPSA) is 30.9 Å². The Kier molecular flexibility index (Phi) is 4.67. The van der Waals surface area contributed by atoms with Crippen LogP contribution in [0.2, 0.25) is 0 Å². The molecular formula is C18H20FNO3. The Hall–Kier alpha value is -2.27. The van der Waals surface area contributed by atoms with Crippen LogP contribution in [0.4, 0.5) is 4.39 Å².